The molecule has 0 saturated carbocycles. The molecule has 2 aromatic rings. The fourth-order valence-corrected chi connectivity index (χ4v) is 2.02. The Kier molecular flexibility index (Phi) is 3.99. The highest BCUT2D eigenvalue weighted by atomic mass is 16.3. The molecule has 0 fully saturated rings. The molecule has 1 unspecified atom stereocenters. The maximum Gasteiger partial charge on any atom is 0.127 e. The lowest BCUT2D eigenvalue weighted by atomic mass is 10.0. The summed E-state index contributed by atoms with van der Waals surface area (Å²) in [5.74, 6) is 0.544. The van der Waals surface area contributed by atoms with E-state index >= 15 is 0 Å². The van der Waals surface area contributed by atoms with E-state index in [2.05, 4.69) is 17.2 Å². The Morgan fingerprint density at radius 2 is 2.06 bits per heavy atom. The number of aryl methyl sites for hydroxylation is 2. The molecule has 4 nitrogen and oxygen atoms in total. The van der Waals surface area contributed by atoms with Crippen LogP contribution in [0.1, 0.15) is 30.1 Å². The van der Waals surface area contributed by atoms with Gasteiger partial charge in [-0.25, -0.2) is 0 Å². The second-order valence-corrected chi connectivity index (χ2v) is 4.50. The summed E-state index contributed by atoms with van der Waals surface area (Å²) in [6, 6.07) is 10.3. The molecule has 3 N–H and O–H groups in total. The predicted octanol–water partition coefficient (Wildman–Crippen LogP) is 2.06. The van der Waals surface area contributed by atoms with E-state index in [-0.39, 0.29) is 0 Å². The predicted molar refractivity (Wildman–Crippen MR) is 72.0 cm³/mol. The number of aliphatic hydroxyl groups is 1. The Morgan fingerprint density at radius 3 is 2.67 bits per heavy atom. The number of nitrogen functional groups attached to an aromatic ring is 1. The third-order valence-corrected chi connectivity index (χ3v) is 3.16. The van der Waals surface area contributed by atoms with Crippen LogP contribution in [0, 0.1) is 0 Å². The zero-order chi connectivity index (χ0) is 13.0. The molecular weight excluding hydrogens is 226 g/mol. The summed E-state index contributed by atoms with van der Waals surface area (Å²) in [7, 11) is 1.77. The van der Waals surface area contributed by atoms with Gasteiger partial charge in [0.1, 0.15) is 5.82 Å². The zero-order valence-electron chi connectivity index (χ0n) is 10.6. The first-order valence-corrected chi connectivity index (χ1v) is 6.18. The van der Waals surface area contributed by atoms with Crippen molar-refractivity contribution in [2.75, 3.05) is 5.73 Å². The maximum atomic E-state index is 10.1. The van der Waals surface area contributed by atoms with E-state index in [0.717, 1.165) is 18.4 Å². The number of nitrogens with zero attached hydrogens (tertiary/aromatic N) is 2. The first-order chi connectivity index (χ1) is 8.68. The third-order valence-electron chi connectivity index (χ3n) is 3.16. The van der Waals surface area contributed by atoms with Crippen molar-refractivity contribution in [3.05, 3.63) is 47.7 Å². The van der Waals surface area contributed by atoms with Crippen molar-refractivity contribution >= 4 is 5.82 Å². The number of aromatic nitrogens is 2. The van der Waals surface area contributed by atoms with Crippen LogP contribution in [0.5, 0.6) is 0 Å². The number of anilines is 1. The summed E-state index contributed by atoms with van der Waals surface area (Å²) < 4.78 is 1.58. The van der Waals surface area contributed by atoms with Gasteiger partial charge in [0.15, 0.2) is 0 Å². The second-order valence-electron chi connectivity index (χ2n) is 4.50. The molecule has 4 heteroatoms. The first-order valence-electron chi connectivity index (χ1n) is 6.18. The summed E-state index contributed by atoms with van der Waals surface area (Å²) in [5.41, 5.74) is 7.85. The molecule has 0 amide bonds. The van der Waals surface area contributed by atoms with Crippen molar-refractivity contribution in [1.82, 2.24) is 9.78 Å². The lowest BCUT2D eigenvalue weighted by molar-refractivity contribution is 0.165. The molecular formula is C14H19N3O. The molecule has 1 aromatic heterocycles. The standard InChI is InChI=1S/C14H19N3O/c1-17-14(15)12(10-16-17)13(18)9-5-8-11-6-3-2-4-7-11/h2-4,6-7,10,13,18H,5,8-9,15H2,1H3. The Balaban J connectivity index is 1.85. The molecule has 0 aliphatic carbocycles. The van der Waals surface area contributed by atoms with E-state index in [1.807, 2.05) is 18.2 Å². The van der Waals surface area contributed by atoms with Crippen molar-refractivity contribution in [2.24, 2.45) is 7.05 Å². The summed E-state index contributed by atoms with van der Waals surface area (Å²) in [6.45, 7) is 0. The van der Waals surface area contributed by atoms with Gasteiger partial charge in [-0.1, -0.05) is 30.3 Å². The van der Waals surface area contributed by atoms with Crippen LogP contribution in [-0.4, -0.2) is 14.9 Å². The molecule has 0 saturated heterocycles. The molecule has 1 aromatic carbocycles. The first kappa shape index (κ1) is 12.6. The third kappa shape index (κ3) is 2.90. The van der Waals surface area contributed by atoms with E-state index in [1.165, 1.54) is 5.56 Å². The van der Waals surface area contributed by atoms with Crippen LogP contribution in [-0.2, 0) is 13.5 Å². The van der Waals surface area contributed by atoms with Gasteiger partial charge in [0.25, 0.3) is 0 Å². The minimum absolute atomic E-state index is 0.526. The van der Waals surface area contributed by atoms with Crippen LogP contribution in [0.2, 0.25) is 0 Å². The van der Waals surface area contributed by atoms with E-state index in [4.69, 9.17) is 5.73 Å². The van der Waals surface area contributed by atoms with Crippen LogP contribution in [0.3, 0.4) is 0 Å². The molecule has 1 atom stereocenters. The van der Waals surface area contributed by atoms with Gasteiger partial charge in [-0.05, 0) is 24.8 Å². The maximum absolute atomic E-state index is 10.1. The molecule has 18 heavy (non-hydrogen) atoms. The van der Waals surface area contributed by atoms with Crippen molar-refractivity contribution in [2.45, 2.75) is 25.4 Å². The minimum Gasteiger partial charge on any atom is -0.388 e. The highest BCUT2D eigenvalue weighted by Gasteiger charge is 2.14. The van der Waals surface area contributed by atoms with Gasteiger partial charge in [-0.15, -0.1) is 0 Å². The molecule has 96 valence electrons. The molecule has 0 aliphatic rings. The van der Waals surface area contributed by atoms with Gasteiger partial charge < -0.3 is 10.8 Å². The van der Waals surface area contributed by atoms with Crippen LogP contribution < -0.4 is 5.73 Å². The molecule has 2 rings (SSSR count). The van der Waals surface area contributed by atoms with Crippen LogP contribution >= 0.6 is 0 Å². The van der Waals surface area contributed by atoms with Gasteiger partial charge in [0, 0.05) is 12.6 Å². The number of hydrogen-bond acceptors (Lipinski definition) is 3. The Morgan fingerprint density at radius 1 is 1.33 bits per heavy atom. The second kappa shape index (κ2) is 5.69. The lowest BCUT2D eigenvalue weighted by Crippen LogP contribution is -2.04. The molecule has 0 aliphatic heterocycles. The van der Waals surface area contributed by atoms with Gasteiger partial charge >= 0.3 is 0 Å². The zero-order valence-corrected chi connectivity index (χ0v) is 10.6. The van der Waals surface area contributed by atoms with E-state index in [1.54, 1.807) is 17.9 Å². The van der Waals surface area contributed by atoms with Crippen LogP contribution in [0.15, 0.2) is 36.5 Å². The summed E-state index contributed by atoms with van der Waals surface area (Å²) in [6.07, 6.45) is 3.72. The number of nitrogens with two attached hydrogens (primary N) is 1. The molecule has 0 radical (unpaired) electrons. The summed E-state index contributed by atoms with van der Waals surface area (Å²) in [5, 5.41) is 14.1. The quantitative estimate of drug-likeness (QED) is 0.847. The SMILES string of the molecule is Cn1ncc(C(O)CCCc2ccccc2)c1N. The average Bonchev–Trinajstić information content (AvgIpc) is 2.71. The average molecular weight is 245 g/mol. The highest BCUT2D eigenvalue weighted by molar-refractivity contribution is 5.39. The molecule has 0 spiro atoms. The Bertz CT molecular complexity index is 493. The number of aliphatic hydroxyl groups excluding tert-OH is 1. The number of hydrogen-bond donors (Lipinski definition) is 2. The van der Waals surface area contributed by atoms with E-state index < -0.39 is 6.10 Å². The van der Waals surface area contributed by atoms with Crippen molar-refractivity contribution in [3.63, 3.8) is 0 Å². The fourth-order valence-electron chi connectivity index (χ4n) is 2.02. The number of rotatable bonds is 5. The van der Waals surface area contributed by atoms with Crippen molar-refractivity contribution in [3.8, 4) is 0 Å². The number of benzene rings is 1. The van der Waals surface area contributed by atoms with Crippen LogP contribution in [0.4, 0.5) is 5.82 Å². The van der Waals surface area contributed by atoms with E-state index in [9.17, 15) is 5.11 Å². The lowest BCUT2D eigenvalue weighted by Gasteiger charge is -2.09. The topological polar surface area (TPSA) is 64.1 Å². The van der Waals surface area contributed by atoms with Crippen LogP contribution in [0.25, 0.3) is 0 Å². The Hall–Kier alpha value is -1.81. The van der Waals surface area contributed by atoms with Gasteiger partial charge in [-0.3, -0.25) is 4.68 Å². The van der Waals surface area contributed by atoms with Crippen molar-refractivity contribution < 1.29 is 5.11 Å². The van der Waals surface area contributed by atoms with Gasteiger partial charge in [-0.2, -0.15) is 5.10 Å². The smallest absolute Gasteiger partial charge is 0.127 e. The van der Waals surface area contributed by atoms with Gasteiger partial charge in [0.05, 0.1) is 12.3 Å². The molecule has 0 bridgehead atoms. The Labute approximate surface area is 107 Å². The minimum atomic E-state index is -0.526. The van der Waals surface area contributed by atoms with Crippen molar-refractivity contribution in [1.29, 1.82) is 0 Å². The van der Waals surface area contributed by atoms with Gasteiger partial charge in [0.2, 0.25) is 0 Å². The normalized spacial score (nSPS) is 12.6. The fraction of sp³-hybridized carbons (Fsp3) is 0.357. The van der Waals surface area contributed by atoms with E-state index in [0.29, 0.717) is 12.2 Å². The summed E-state index contributed by atoms with van der Waals surface area (Å²) >= 11 is 0. The highest BCUT2D eigenvalue weighted by Crippen LogP contribution is 2.23. The molecule has 1 heterocycles. The largest absolute Gasteiger partial charge is 0.388 e. The summed E-state index contributed by atoms with van der Waals surface area (Å²) in [4.78, 5) is 0. The monoisotopic (exact) mass is 245 g/mol.